The topological polar surface area (TPSA) is 72.1 Å². The van der Waals surface area contributed by atoms with Crippen LogP contribution in [0.25, 0.3) is 0 Å². The van der Waals surface area contributed by atoms with E-state index in [9.17, 15) is 0 Å². The number of nitrogens with two attached hydrogens (primary N) is 1. The average molecular weight is 322 g/mol. The smallest absolute Gasteiger partial charge is 0.188 e. The highest BCUT2D eigenvalue weighted by molar-refractivity contribution is 5.77. The van der Waals surface area contributed by atoms with Crippen LogP contribution >= 0.6 is 0 Å². The quantitative estimate of drug-likeness (QED) is 0.389. The van der Waals surface area contributed by atoms with E-state index in [4.69, 9.17) is 15.2 Å². The van der Waals surface area contributed by atoms with E-state index in [0.29, 0.717) is 12.5 Å². The molecule has 1 aromatic rings. The number of hydrogen-bond acceptors (Lipinski definition) is 4. The molecule has 6 heteroatoms. The molecule has 0 heterocycles. The van der Waals surface area contributed by atoms with Crippen LogP contribution in [0.1, 0.15) is 24.9 Å². The first-order valence-corrected chi connectivity index (χ1v) is 8.00. The molecule has 0 saturated heterocycles. The molecule has 0 saturated carbocycles. The molecule has 1 atom stereocenters. The first-order valence-electron chi connectivity index (χ1n) is 8.00. The van der Waals surface area contributed by atoms with Gasteiger partial charge in [0.2, 0.25) is 0 Å². The molecule has 3 N–H and O–H groups in total. The van der Waals surface area contributed by atoms with Crippen LogP contribution in [-0.2, 0) is 4.74 Å². The predicted octanol–water partition coefficient (Wildman–Crippen LogP) is 1.63. The zero-order chi connectivity index (χ0) is 17.1. The monoisotopic (exact) mass is 322 g/mol. The fraction of sp³-hybridized carbons (Fsp3) is 0.588. The lowest BCUT2D eigenvalue weighted by Crippen LogP contribution is -2.34. The lowest BCUT2D eigenvalue weighted by Gasteiger charge is -2.23. The van der Waals surface area contributed by atoms with Gasteiger partial charge < -0.3 is 25.4 Å². The van der Waals surface area contributed by atoms with Crippen LogP contribution in [-0.4, -0.2) is 58.4 Å². The van der Waals surface area contributed by atoms with Gasteiger partial charge in [-0.1, -0.05) is 12.1 Å². The second-order valence-electron chi connectivity index (χ2n) is 5.46. The number of rotatable bonds is 10. The largest absolute Gasteiger partial charge is 0.497 e. The van der Waals surface area contributed by atoms with Crippen LogP contribution in [0.15, 0.2) is 29.3 Å². The van der Waals surface area contributed by atoms with Crippen LogP contribution in [0.3, 0.4) is 0 Å². The van der Waals surface area contributed by atoms with E-state index in [-0.39, 0.29) is 6.04 Å². The van der Waals surface area contributed by atoms with Gasteiger partial charge in [-0.05, 0) is 45.1 Å². The zero-order valence-electron chi connectivity index (χ0n) is 14.7. The van der Waals surface area contributed by atoms with Crippen molar-refractivity contribution in [3.8, 4) is 5.75 Å². The Kier molecular flexibility index (Phi) is 9.09. The number of likely N-dealkylation sites (N-methyl/N-ethyl adjacent to an activating group) is 1. The van der Waals surface area contributed by atoms with Gasteiger partial charge in [-0.25, -0.2) is 0 Å². The summed E-state index contributed by atoms with van der Waals surface area (Å²) in [5.41, 5.74) is 7.08. The van der Waals surface area contributed by atoms with Gasteiger partial charge in [0, 0.05) is 19.8 Å². The molecule has 130 valence electrons. The molecule has 1 unspecified atom stereocenters. The maximum Gasteiger partial charge on any atom is 0.188 e. The number of methoxy groups -OCH3 is 1. The van der Waals surface area contributed by atoms with Crippen molar-refractivity contribution in [2.24, 2.45) is 10.7 Å². The molecule has 6 nitrogen and oxygen atoms in total. The number of benzene rings is 1. The number of aliphatic imine (C=N–C) groups is 1. The summed E-state index contributed by atoms with van der Waals surface area (Å²) >= 11 is 0. The predicted molar refractivity (Wildman–Crippen MR) is 95.0 cm³/mol. The number of nitrogens with zero attached hydrogens (tertiary/aromatic N) is 2. The standard InChI is InChI=1S/C17H30N4O2/c1-5-23-11-7-10-19-17(18)20-13-16(21(2)3)14-8-6-9-15(12-14)22-4/h6,8-9,12,16H,5,7,10-11,13H2,1-4H3,(H3,18,19,20). The first kappa shape index (κ1) is 19.3. The summed E-state index contributed by atoms with van der Waals surface area (Å²) in [5, 5.41) is 3.11. The minimum Gasteiger partial charge on any atom is -0.497 e. The van der Waals surface area contributed by atoms with Crippen LogP contribution in [0.4, 0.5) is 0 Å². The lowest BCUT2D eigenvalue weighted by molar-refractivity contribution is 0.145. The van der Waals surface area contributed by atoms with Gasteiger partial charge in [0.25, 0.3) is 0 Å². The molecule has 0 aliphatic carbocycles. The molecular weight excluding hydrogens is 292 g/mol. The van der Waals surface area contributed by atoms with Gasteiger partial charge in [0.15, 0.2) is 5.96 Å². The SMILES string of the molecule is CCOCCCNC(N)=NCC(c1cccc(OC)c1)N(C)C. The van der Waals surface area contributed by atoms with Crippen molar-refractivity contribution < 1.29 is 9.47 Å². The van der Waals surface area contributed by atoms with E-state index in [1.807, 2.05) is 39.2 Å². The van der Waals surface area contributed by atoms with Gasteiger partial charge in [0.1, 0.15) is 5.75 Å². The molecule has 0 aliphatic rings. The minimum atomic E-state index is 0.147. The van der Waals surface area contributed by atoms with Crippen molar-refractivity contribution in [1.82, 2.24) is 10.2 Å². The number of nitrogens with one attached hydrogen (secondary N) is 1. The molecule has 1 aromatic carbocycles. The van der Waals surface area contributed by atoms with E-state index < -0.39 is 0 Å². The summed E-state index contributed by atoms with van der Waals surface area (Å²) in [5.74, 6) is 1.32. The first-order chi connectivity index (χ1) is 11.1. The molecule has 0 bridgehead atoms. The van der Waals surface area contributed by atoms with Crippen molar-refractivity contribution in [3.05, 3.63) is 29.8 Å². The van der Waals surface area contributed by atoms with Crippen molar-refractivity contribution >= 4 is 5.96 Å². The molecule has 0 aliphatic heterocycles. The van der Waals surface area contributed by atoms with Gasteiger partial charge >= 0.3 is 0 Å². The summed E-state index contributed by atoms with van der Waals surface area (Å²) in [6.07, 6.45) is 0.914. The Morgan fingerprint density at radius 1 is 1.39 bits per heavy atom. The Hall–Kier alpha value is -1.79. The van der Waals surface area contributed by atoms with Gasteiger partial charge in [-0.3, -0.25) is 4.99 Å². The van der Waals surface area contributed by atoms with E-state index >= 15 is 0 Å². The Labute approximate surface area is 139 Å². The molecule has 0 amide bonds. The summed E-state index contributed by atoms with van der Waals surface area (Å²) in [7, 11) is 5.74. The number of ether oxygens (including phenoxy) is 2. The maximum atomic E-state index is 5.93. The van der Waals surface area contributed by atoms with E-state index in [2.05, 4.69) is 21.3 Å². The van der Waals surface area contributed by atoms with E-state index in [1.54, 1.807) is 7.11 Å². The Morgan fingerprint density at radius 2 is 2.17 bits per heavy atom. The zero-order valence-corrected chi connectivity index (χ0v) is 14.7. The lowest BCUT2D eigenvalue weighted by atomic mass is 10.1. The molecule has 23 heavy (non-hydrogen) atoms. The van der Waals surface area contributed by atoms with E-state index in [0.717, 1.165) is 37.5 Å². The molecule has 1 rings (SSSR count). The average Bonchev–Trinajstić information content (AvgIpc) is 2.54. The third-order valence-electron chi connectivity index (χ3n) is 3.51. The van der Waals surface area contributed by atoms with Crippen molar-refractivity contribution in [3.63, 3.8) is 0 Å². The summed E-state index contributed by atoms with van der Waals surface area (Å²) < 4.78 is 10.6. The van der Waals surface area contributed by atoms with Crippen molar-refractivity contribution in [1.29, 1.82) is 0 Å². The second kappa shape index (κ2) is 10.9. The highest BCUT2D eigenvalue weighted by Crippen LogP contribution is 2.22. The Morgan fingerprint density at radius 3 is 2.83 bits per heavy atom. The molecule has 0 spiro atoms. The normalized spacial score (nSPS) is 13.2. The fourth-order valence-corrected chi connectivity index (χ4v) is 2.19. The molecule has 0 radical (unpaired) electrons. The third-order valence-corrected chi connectivity index (χ3v) is 3.51. The van der Waals surface area contributed by atoms with Gasteiger partial charge in [-0.15, -0.1) is 0 Å². The summed E-state index contributed by atoms with van der Waals surface area (Å²) in [6.45, 7) is 4.82. The van der Waals surface area contributed by atoms with Gasteiger partial charge in [-0.2, -0.15) is 0 Å². The number of guanidine groups is 1. The fourth-order valence-electron chi connectivity index (χ4n) is 2.19. The molecule has 0 fully saturated rings. The van der Waals surface area contributed by atoms with Crippen LogP contribution in [0.2, 0.25) is 0 Å². The van der Waals surface area contributed by atoms with Crippen molar-refractivity contribution in [2.75, 3.05) is 47.5 Å². The molecular formula is C17H30N4O2. The Bertz CT molecular complexity index is 477. The molecule has 0 aromatic heterocycles. The van der Waals surface area contributed by atoms with Crippen molar-refractivity contribution in [2.45, 2.75) is 19.4 Å². The minimum absolute atomic E-state index is 0.147. The second-order valence-corrected chi connectivity index (χ2v) is 5.46. The van der Waals surface area contributed by atoms with Crippen LogP contribution in [0.5, 0.6) is 5.75 Å². The summed E-state index contributed by atoms with van der Waals surface area (Å²) in [4.78, 5) is 6.58. The summed E-state index contributed by atoms with van der Waals surface area (Å²) in [6, 6.07) is 8.19. The Balaban J connectivity index is 2.56. The van der Waals surface area contributed by atoms with Gasteiger partial charge in [0.05, 0.1) is 19.7 Å². The van der Waals surface area contributed by atoms with Crippen LogP contribution in [0, 0.1) is 0 Å². The van der Waals surface area contributed by atoms with Crippen LogP contribution < -0.4 is 15.8 Å². The van der Waals surface area contributed by atoms with E-state index in [1.165, 1.54) is 0 Å². The number of hydrogen-bond donors (Lipinski definition) is 2. The highest BCUT2D eigenvalue weighted by Gasteiger charge is 2.14. The maximum absolute atomic E-state index is 5.93. The third kappa shape index (κ3) is 7.34. The highest BCUT2D eigenvalue weighted by atomic mass is 16.5.